The van der Waals surface area contributed by atoms with Crippen molar-refractivity contribution in [2.45, 2.75) is 20.4 Å². The zero-order valence-electron chi connectivity index (χ0n) is 20.4. The van der Waals surface area contributed by atoms with Gasteiger partial charge >= 0.3 is 6.03 Å². The van der Waals surface area contributed by atoms with E-state index in [1.807, 2.05) is 68.6 Å². The number of rotatable bonds is 6. The van der Waals surface area contributed by atoms with E-state index in [0.717, 1.165) is 28.2 Å². The van der Waals surface area contributed by atoms with E-state index >= 15 is 0 Å². The molecule has 1 aromatic carbocycles. The number of hydrogen-bond acceptors (Lipinski definition) is 5. The number of pyridine rings is 2. The smallest absolute Gasteiger partial charge is 0.321 e. The number of hydrogen-bond donors (Lipinski definition) is 3. The Bertz CT molecular complexity index is 1430. The number of nitrogens with zero attached hydrogens (tertiary/aromatic N) is 5. The average molecular weight is 485 g/mol. The lowest BCUT2D eigenvalue weighted by molar-refractivity contribution is 0.246. The molecular weight excluding hydrogens is 456 g/mol. The average Bonchev–Trinajstić information content (AvgIpc) is 3.41. The van der Waals surface area contributed by atoms with Crippen molar-refractivity contribution in [3.63, 3.8) is 0 Å². The van der Waals surface area contributed by atoms with Crippen LogP contribution in [0.15, 0.2) is 83.0 Å². The van der Waals surface area contributed by atoms with Crippen molar-refractivity contribution in [1.82, 2.24) is 30.0 Å². The second-order valence-corrected chi connectivity index (χ2v) is 8.00. The first-order chi connectivity index (χ1) is 17.5. The molecule has 10 heteroatoms. The Kier molecular flexibility index (Phi) is 7.54. The third-order valence-corrected chi connectivity index (χ3v) is 5.51. The van der Waals surface area contributed by atoms with Crippen LogP contribution in [0.1, 0.15) is 18.3 Å². The molecule has 4 aromatic rings. The highest BCUT2D eigenvalue weighted by Crippen LogP contribution is 2.28. The van der Waals surface area contributed by atoms with Crippen molar-refractivity contribution in [3.8, 4) is 16.8 Å². The van der Waals surface area contributed by atoms with Crippen LogP contribution < -0.4 is 21.5 Å². The molecule has 0 aliphatic heterocycles. The molecular formula is C26H28N8O2. The lowest BCUT2D eigenvalue weighted by atomic mass is 10.0. The maximum absolute atomic E-state index is 13.0. The number of urea groups is 1. The fraction of sp³-hybridized carbons (Fsp3) is 0.192. The lowest BCUT2D eigenvalue weighted by Gasteiger charge is -2.17. The molecule has 10 nitrogen and oxygen atoms in total. The normalized spacial score (nSPS) is 11.2. The largest absolute Gasteiger partial charge is 0.338 e. The summed E-state index contributed by atoms with van der Waals surface area (Å²) in [6.45, 7) is 4.65. The number of benzene rings is 1. The van der Waals surface area contributed by atoms with E-state index in [4.69, 9.17) is 0 Å². The zero-order chi connectivity index (χ0) is 25.5. The SMILES string of the molecule is CCNC(=O)NC(=NC)Nc1ccc(-c2cc(C)n(Cc3ccccn3)c(=O)c2)cc1-n1cccn1. The van der Waals surface area contributed by atoms with Crippen molar-refractivity contribution in [3.05, 3.63) is 94.9 Å². The van der Waals surface area contributed by atoms with Crippen LogP contribution in [0, 0.1) is 6.92 Å². The highest BCUT2D eigenvalue weighted by Gasteiger charge is 2.13. The minimum absolute atomic E-state index is 0.106. The van der Waals surface area contributed by atoms with Crippen LogP contribution in [0.25, 0.3) is 16.8 Å². The van der Waals surface area contributed by atoms with Gasteiger partial charge in [-0.15, -0.1) is 0 Å². The van der Waals surface area contributed by atoms with Crippen LogP contribution in [0.5, 0.6) is 0 Å². The maximum atomic E-state index is 13.0. The second-order valence-electron chi connectivity index (χ2n) is 8.00. The van der Waals surface area contributed by atoms with Gasteiger partial charge < -0.3 is 15.2 Å². The van der Waals surface area contributed by atoms with Gasteiger partial charge in [0.15, 0.2) is 0 Å². The molecule has 0 atom stereocenters. The third kappa shape index (κ3) is 5.66. The molecule has 2 amide bonds. The van der Waals surface area contributed by atoms with Crippen LogP contribution in [0.2, 0.25) is 0 Å². The van der Waals surface area contributed by atoms with Gasteiger partial charge in [-0.2, -0.15) is 5.10 Å². The Morgan fingerprint density at radius 2 is 1.92 bits per heavy atom. The van der Waals surface area contributed by atoms with Crippen molar-refractivity contribution in [1.29, 1.82) is 0 Å². The van der Waals surface area contributed by atoms with Crippen LogP contribution in [0.3, 0.4) is 0 Å². The number of carbonyl (C=O) groups is 1. The molecule has 0 radical (unpaired) electrons. The minimum Gasteiger partial charge on any atom is -0.338 e. The number of aliphatic imine (C=N–C) groups is 1. The quantitative estimate of drug-likeness (QED) is 0.287. The number of aryl methyl sites for hydroxylation is 1. The molecule has 0 aliphatic carbocycles. The molecule has 0 bridgehead atoms. The van der Waals surface area contributed by atoms with E-state index in [1.54, 1.807) is 34.8 Å². The molecule has 36 heavy (non-hydrogen) atoms. The first kappa shape index (κ1) is 24.4. The van der Waals surface area contributed by atoms with E-state index in [-0.39, 0.29) is 17.5 Å². The van der Waals surface area contributed by atoms with E-state index in [9.17, 15) is 9.59 Å². The summed E-state index contributed by atoms with van der Waals surface area (Å²) in [6, 6.07) is 16.4. The summed E-state index contributed by atoms with van der Waals surface area (Å²) in [5.41, 5.74) is 4.60. The summed E-state index contributed by atoms with van der Waals surface area (Å²) in [5, 5.41) is 12.9. The number of anilines is 1. The molecule has 4 rings (SSSR count). The van der Waals surface area contributed by atoms with E-state index in [1.165, 1.54) is 0 Å². The third-order valence-electron chi connectivity index (χ3n) is 5.51. The van der Waals surface area contributed by atoms with Crippen molar-refractivity contribution in [2.24, 2.45) is 4.99 Å². The van der Waals surface area contributed by atoms with Gasteiger partial charge in [0.25, 0.3) is 5.56 Å². The first-order valence-electron chi connectivity index (χ1n) is 11.5. The molecule has 3 N–H and O–H groups in total. The van der Waals surface area contributed by atoms with Crippen molar-refractivity contribution in [2.75, 3.05) is 18.9 Å². The lowest BCUT2D eigenvalue weighted by Crippen LogP contribution is -2.42. The standard InChI is InChI=1S/C26H28N8O2/c1-4-28-26(36)32-25(27-3)31-22-10-9-19(15-23(22)34-13-7-12-30-34)20-14-18(2)33(24(35)16-20)17-21-8-5-6-11-29-21/h5-16H,4,17H2,1-3H3,(H3,27,28,31,32,36). The Morgan fingerprint density at radius 3 is 2.58 bits per heavy atom. The second kappa shape index (κ2) is 11.1. The zero-order valence-corrected chi connectivity index (χ0v) is 20.4. The van der Waals surface area contributed by atoms with Crippen LogP contribution in [0.4, 0.5) is 10.5 Å². The molecule has 0 saturated heterocycles. The van der Waals surface area contributed by atoms with Crippen LogP contribution >= 0.6 is 0 Å². The molecule has 0 unspecified atom stereocenters. The summed E-state index contributed by atoms with van der Waals surface area (Å²) in [4.78, 5) is 33.4. The monoisotopic (exact) mass is 484 g/mol. The molecule has 0 spiro atoms. The molecule has 184 valence electrons. The van der Waals surface area contributed by atoms with Gasteiger partial charge in [0, 0.05) is 43.9 Å². The number of amides is 2. The van der Waals surface area contributed by atoms with E-state index in [0.29, 0.717) is 18.8 Å². The van der Waals surface area contributed by atoms with Crippen LogP contribution in [-0.2, 0) is 6.54 Å². The van der Waals surface area contributed by atoms with Gasteiger partial charge in [0.05, 0.1) is 23.6 Å². The fourth-order valence-corrected chi connectivity index (χ4v) is 3.75. The summed E-state index contributed by atoms with van der Waals surface area (Å²) in [6.07, 6.45) is 5.22. The Hall–Kier alpha value is -4.73. The Labute approximate surface area is 208 Å². The van der Waals surface area contributed by atoms with Crippen LogP contribution in [-0.4, -0.2) is 44.9 Å². The Morgan fingerprint density at radius 1 is 1.06 bits per heavy atom. The number of guanidine groups is 1. The van der Waals surface area contributed by atoms with E-state index in [2.05, 4.69) is 31.0 Å². The highest BCUT2D eigenvalue weighted by molar-refractivity contribution is 6.04. The molecule has 3 heterocycles. The Balaban J connectivity index is 1.68. The number of carbonyl (C=O) groups excluding carboxylic acids is 1. The fourth-order valence-electron chi connectivity index (χ4n) is 3.75. The first-order valence-corrected chi connectivity index (χ1v) is 11.5. The summed E-state index contributed by atoms with van der Waals surface area (Å²) >= 11 is 0. The van der Waals surface area contributed by atoms with Gasteiger partial charge in [-0.1, -0.05) is 12.1 Å². The molecule has 0 aliphatic rings. The minimum atomic E-state index is -0.357. The van der Waals surface area contributed by atoms with Gasteiger partial charge in [-0.25, -0.2) is 9.48 Å². The predicted molar refractivity (Wildman–Crippen MR) is 141 cm³/mol. The van der Waals surface area contributed by atoms with Gasteiger partial charge in [-0.3, -0.25) is 20.1 Å². The van der Waals surface area contributed by atoms with Crippen molar-refractivity contribution >= 4 is 17.7 Å². The van der Waals surface area contributed by atoms with Crippen molar-refractivity contribution < 1.29 is 4.79 Å². The molecule has 3 aromatic heterocycles. The maximum Gasteiger partial charge on any atom is 0.321 e. The number of aromatic nitrogens is 4. The summed E-state index contributed by atoms with van der Waals surface area (Å²) in [5.74, 6) is 0.287. The molecule has 0 fully saturated rings. The molecule has 0 saturated carbocycles. The summed E-state index contributed by atoms with van der Waals surface area (Å²) in [7, 11) is 1.58. The highest BCUT2D eigenvalue weighted by atomic mass is 16.2. The van der Waals surface area contributed by atoms with Gasteiger partial charge in [0.2, 0.25) is 5.96 Å². The topological polar surface area (TPSA) is 118 Å². The summed E-state index contributed by atoms with van der Waals surface area (Å²) < 4.78 is 3.41. The number of nitrogens with one attached hydrogen (secondary N) is 3. The van der Waals surface area contributed by atoms with Gasteiger partial charge in [-0.05, 0) is 61.4 Å². The van der Waals surface area contributed by atoms with E-state index < -0.39 is 0 Å². The predicted octanol–water partition coefficient (Wildman–Crippen LogP) is 3.17. The van der Waals surface area contributed by atoms with Gasteiger partial charge in [0.1, 0.15) is 0 Å².